The summed E-state index contributed by atoms with van der Waals surface area (Å²) in [7, 11) is 0. The summed E-state index contributed by atoms with van der Waals surface area (Å²) < 4.78 is 5.55. The van der Waals surface area contributed by atoms with E-state index >= 15 is 0 Å². The van der Waals surface area contributed by atoms with Crippen molar-refractivity contribution in [3.8, 4) is 0 Å². The minimum atomic E-state index is -0.495. The normalized spacial score (nSPS) is 12.3. The number of rotatable bonds is 6. The summed E-state index contributed by atoms with van der Waals surface area (Å²) >= 11 is 0. The van der Waals surface area contributed by atoms with Crippen molar-refractivity contribution in [2.24, 2.45) is 5.41 Å². The number of hydrogen-bond donors (Lipinski definition) is 1. The van der Waals surface area contributed by atoms with E-state index < -0.39 is 5.41 Å². The van der Waals surface area contributed by atoms with E-state index in [1.807, 2.05) is 34.6 Å². The van der Waals surface area contributed by atoms with Crippen LogP contribution in [0.5, 0.6) is 0 Å². The van der Waals surface area contributed by atoms with E-state index in [0.29, 0.717) is 13.2 Å². The van der Waals surface area contributed by atoms with Gasteiger partial charge in [-0.1, -0.05) is 6.08 Å². The molecule has 0 saturated carbocycles. The summed E-state index contributed by atoms with van der Waals surface area (Å²) in [6.45, 7) is 14.7. The fourth-order valence-electron chi connectivity index (χ4n) is 0.973. The maximum absolute atomic E-state index is 11.6. The summed E-state index contributed by atoms with van der Waals surface area (Å²) in [5.74, 6) is 0.0123. The van der Waals surface area contributed by atoms with Gasteiger partial charge in [0.05, 0.1) is 11.0 Å². The van der Waals surface area contributed by atoms with Gasteiger partial charge in [0.2, 0.25) is 5.91 Å². The molecule has 0 spiro atoms. The minimum Gasteiger partial charge on any atom is -0.376 e. The van der Waals surface area contributed by atoms with Crippen LogP contribution in [-0.2, 0) is 9.53 Å². The van der Waals surface area contributed by atoms with Crippen LogP contribution in [0.15, 0.2) is 12.7 Å². The molecule has 0 aliphatic carbocycles. The first kappa shape index (κ1) is 15.2. The Labute approximate surface area is 99.3 Å². The number of amides is 1. The van der Waals surface area contributed by atoms with Gasteiger partial charge in [-0.15, -0.1) is 6.58 Å². The molecule has 16 heavy (non-hydrogen) atoms. The second-order valence-electron chi connectivity index (χ2n) is 5.50. The third-order valence-corrected chi connectivity index (χ3v) is 2.24. The molecule has 3 nitrogen and oxygen atoms in total. The number of carbonyl (C=O) groups is 1. The zero-order valence-electron chi connectivity index (χ0n) is 11.2. The van der Waals surface area contributed by atoms with Crippen LogP contribution in [0.3, 0.4) is 0 Å². The monoisotopic (exact) mass is 227 g/mol. The highest BCUT2D eigenvalue weighted by Crippen LogP contribution is 2.15. The van der Waals surface area contributed by atoms with E-state index in [2.05, 4.69) is 11.9 Å². The van der Waals surface area contributed by atoms with E-state index in [0.717, 1.165) is 6.42 Å². The highest BCUT2D eigenvalue weighted by molar-refractivity contribution is 5.83. The summed E-state index contributed by atoms with van der Waals surface area (Å²) in [6, 6.07) is 0. The van der Waals surface area contributed by atoms with Gasteiger partial charge in [0, 0.05) is 13.2 Å². The van der Waals surface area contributed by atoms with Crippen molar-refractivity contribution in [3.05, 3.63) is 12.7 Å². The zero-order valence-corrected chi connectivity index (χ0v) is 11.2. The number of carbonyl (C=O) groups excluding carboxylic acids is 1. The lowest BCUT2D eigenvalue weighted by atomic mass is 9.93. The Hall–Kier alpha value is -0.830. The number of nitrogens with one attached hydrogen (secondary N) is 1. The molecular formula is C13H25NO2. The predicted octanol–water partition coefficient (Wildman–Crippen LogP) is 2.52. The fraction of sp³-hybridized carbons (Fsp3) is 0.769. The lowest BCUT2D eigenvalue weighted by Crippen LogP contribution is -2.36. The average Bonchev–Trinajstić information content (AvgIpc) is 2.15. The quantitative estimate of drug-likeness (QED) is 0.559. The van der Waals surface area contributed by atoms with Crippen molar-refractivity contribution in [2.45, 2.75) is 46.6 Å². The molecule has 0 heterocycles. The Kier molecular flexibility index (Phi) is 5.73. The van der Waals surface area contributed by atoms with E-state index in [1.54, 1.807) is 6.08 Å². The third kappa shape index (κ3) is 6.62. The van der Waals surface area contributed by atoms with Crippen molar-refractivity contribution >= 4 is 5.91 Å². The van der Waals surface area contributed by atoms with Gasteiger partial charge in [-0.3, -0.25) is 4.79 Å². The molecule has 0 aromatic heterocycles. The van der Waals surface area contributed by atoms with E-state index in [9.17, 15) is 4.79 Å². The summed E-state index contributed by atoms with van der Waals surface area (Å²) in [6.07, 6.45) is 2.49. The molecule has 1 N–H and O–H groups in total. The molecule has 0 aliphatic heterocycles. The van der Waals surface area contributed by atoms with Crippen molar-refractivity contribution in [2.75, 3.05) is 13.2 Å². The number of ether oxygens (including phenoxy) is 1. The van der Waals surface area contributed by atoms with Gasteiger partial charge in [-0.25, -0.2) is 0 Å². The maximum Gasteiger partial charge on any atom is 0.229 e. The van der Waals surface area contributed by atoms with Crippen molar-refractivity contribution in [3.63, 3.8) is 0 Å². The van der Waals surface area contributed by atoms with Crippen LogP contribution in [0.25, 0.3) is 0 Å². The average molecular weight is 227 g/mol. The predicted molar refractivity (Wildman–Crippen MR) is 67.3 cm³/mol. The summed E-state index contributed by atoms with van der Waals surface area (Å²) in [4.78, 5) is 11.6. The van der Waals surface area contributed by atoms with Crippen molar-refractivity contribution in [1.29, 1.82) is 0 Å². The fourth-order valence-corrected chi connectivity index (χ4v) is 0.973. The molecule has 0 aromatic carbocycles. The highest BCUT2D eigenvalue weighted by Gasteiger charge is 2.22. The van der Waals surface area contributed by atoms with Gasteiger partial charge in [-0.05, 0) is 41.0 Å². The van der Waals surface area contributed by atoms with Crippen LogP contribution in [0.2, 0.25) is 0 Å². The third-order valence-electron chi connectivity index (χ3n) is 2.24. The molecule has 0 rings (SSSR count). The maximum atomic E-state index is 11.6. The second kappa shape index (κ2) is 6.04. The molecule has 0 unspecified atom stereocenters. The van der Waals surface area contributed by atoms with Crippen LogP contribution in [0.4, 0.5) is 0 Å². The Bertz CT molecular complexity index is 239. The smallest absolute Gasteiger partial charge is 0.229 e. The van der Waals surface area contributed by atoms with Gasteiger partial charge >= 0.3 is 0 Å². The molecule has 94 valence electrons. The van der Waals surface area contributed by atoms with Crippen LogP contribution in [0.1, 0.15) is 41.0 Å². The minimum absolute atomic E-state index is 0.0123. The van der Waals surface area contributed by atoms with Gasteiger partial charge in [0.15, 0.2) is 0 Å². The van der Waals surface area contributed by atoms with E-state index in [4.69, 9.17) is 4.74 Å². The lowest BCUT2D eigenvalue weighted by molar-refractivity contribution is -0.127. The molecule has 0 aromatic rings. The number of hydrogen-bond acceptors (Lipinski definition) is 2. The van der Waals surface area contributed by atoms with E-state index in [-0.39, 0.29) is 11.5 Å². The summed E-state index contributed by atoms with van der Waals surface area (Å²) in [5.41, 5.74) is -0.602. The first-order valence-corrected chi connectivity index (χ1v) is 5.75. The van der Waals surface area contributed by atoms with Crippen LogP contribution in [-0.4, -0.2) is 24.7 Å². The Morgan fingerprint density at radius 2 is 1.88 bits per heavy atom. The molecule has 0 aliphatic rings. The Morgan fingerprint density at radius 3 is 2.31 bits per heavy atom. The largest absolute Gasteiger partial charge is 0.376 e. The van der Waals surface area contributed by atoms with Crippen LogP contribution >= 0.6 is 0 Å². The molecule has 0 saturated heterocycles. The standard InChI is InChI=1S/C13H25NO2/c1-7-13(5,6)11(15)14-9-8-10-16-12(2,3)4/h7H,1,8-10H2,2-6H3,(H,14,15). The Balaban J connectivity index is 3.68. The molecule has 0 fully saturated rings. The SMILES string of the molecule is C=CC(C)(C)C(=O)NCCCOC(C)(C)C. The van der Waals surface area contributed by atoms with Gasteiger partial charge in [0.25, 0.3) is 0 Å². The van der Waals surface area contributed by atoms with Gasteiger partial charge in [-0.2, -0.15) is 0 Å². The van der Waals surface area contributed by atoms with E-state index in [1.165, 1.54) is 0 Å². The van der Waals surface area contributed by atoms with Crippen LogP contribution in [0, 0.1) is 5.41 Å². The van der Waals surface area contributed by atoms with Crippen LogP contribution < -0.4 is 5.32 Å². The molecular weight excluding hydrogens is 202 g/mol. The zero-order chi connectivity index (χ0) is 12.8. The summed E-state index contributed by atoms with van der Waals surface area (Å²) in [5, 5.41) is 2.87. The Morgan fingerprint density at radius 1 is 1.31 bits per heavy atom. The topological polar surface area (TPSA) is 38.3 Å². The van der Waals surface area contributed by atoms with Crippen molar-refractivity contribution in [1.82, 2.24) is 5.32 Å². The van der Waals surface area contributed by atoms with Gasteiger partial charge < -0.3 is 10.1 Å². The second-order valence-corrected chi connectivity index (χ2v) is 5.50. The molecule has 1 amide bonds. The molecule has 0 atom stereocenters. The molecule has 0 radical (unpaired) electrons. The first-order valence-electron chi connectivity index (χ1n) is 5.75. The van der Waals surface area contributed by atoms with Crippen molar-refractivity contribution < 1.29 is 9.53 Å². The molecule has 0 bridgehead atoms. The highest BCUT2D eigenvalue weighted by atomic mass is 16.5. The van der Waals surface area contributed by atoms with Gasteiger partial charge in [0.1, 0.15) is 0 Å². The molecule has 3 heteroatoms. The lowest BCUT2D eigenvalue weighted by Gasteiger charge is -2.21. The first-order chi connectivity index (χ1) is 7.19.